The zero-order valence-electron chi connectivity index (χ0n) is 7.09. The highest BCUT2D eigenvalue weighted by Crippen LogP contribution is 2.21. The Morgan fingerprint density at radius 3 is 2.50 bits per heavy atom. The lowest BCUT2D eigenvalue weighted by Gasteiger charge is -1.98. The Hall–Kier alpha value is -1.03. The van der Waals surface area contributed by atoms with Gasteiger partial charge in [0.05, 0.1) is 5.69 Å². The number of ether oxygens (including phenoxy) is 1. The molecular weight excluding hydrogens is 180 g/mol. The van der Waals surface area contributed by atoms with Crippen molar-refractivity contribution in [1.82, 2.24) is 9.78 Å². The Labute approximate surface area is 75.1 Å². The average Bonchev–Trinajstić information content (AvgIpc) is 2.16. The van der Waals surface area contributed by atoms with Crippen LogP contribution in [0.15, 0.2) is 0 Å². The standard InChI is InChI=1S/C7H9ClN2O2/c1-4-6(12-7(8)11)5(2)10(3)9-4/h1-3H3. The summed E-state index contributed by atoms with van der Waals surface area (Å²) >= 11 is 5.07. The highest BCUT2D eigenvalue weighted by molar-refractivity contribution is 6.61. The van der Waals surface area contributed by atoms with Gasteiger partial charge >= 0.3 is 5.43 Å². The van der Waals surface area contributed by atoms with Crippen molar-refractivity contribution in [3.8, 4) is 5.75 Å². The molecule has 1 aromatic rings. The summed E-state index contributed by atoms with van der Waals surface area (Å²) in [4.78, 5) is 10.4. The number of hydrogen-bond acceptors (Lipinski definition) is 3. The van der Waals surface area contributed by atoms with E-state index in [1.54, 1.807) is 25.6 Å². The molecule has 4 nitrogen and oxygen atoms in total. The molecule has 1 aromatic heterocycles. The topological polar surface area (TPSA) is 44.1 Å². The Morgan fingerprint density at radius 2 is 2.17 bits per heavy atom. The van der Waals surface area contributed by atoms with Gasteiger partial charge in [0.2, 0.25) is 0 Å². The van der Waals surface area contributed by atoms with Gasteiger partial charge in [-0.3, -0.25) is 4.68 Å². The number of halogens is 1. The number of carbonyl (C=O) groups excluding carboxylic acids is 1. The Balaban J connectivity index is 3.05. The molecule has 1 heterocycles. The SMILES string of the molecule is Cc1nn(C)c(C)c1OC(=O)Cl. The van der Waals surface area contributed by atoms with Crippen molar-refractivity contribution in [2.24, 2.45) is 7.05 Å². The summed E-state index contributed by atoms with van der Waals surface area (Å²) in [5.74, 6) is 0.442. The molecule has 0 aromatic carbocycles. The highest BCUT2D eigenvalue weighted by Gasteiger charge is 2.12. The van der Waals surface area contributed by atoms with Crippen LogP contribution in [0.5, 0.6) is 5.75 Å². The monoisotopic (exact) mass is 188 g/mol. The van der Waals surface area contributed by atoms with Crippen LogP contribution in [0.3, 0.4) is 0 Å². The van der Waals surface area contributed by atoms with E-state index in [1.165, 1.54) is 0 Å². The van der Waals surface area contributed by atoms with E-state index in [0.717, 1.165) is 5.69 Å². The molecule has 0 spiro atoms. The van der Waals surface area contributed by atoms with Crippen molar-refractivity contribution in [3.05, 3.63) is 11.4 Å². The lowest BCUT2D eigenvalue weighted by atomic mass is 10.3. The van der Waals surface area contributed by atoms with Crippen molar-refractivity contribution in [1.29, 1.82) is 0 Å². The molecular formula is C7H9ClN2O2. The summed E-state index contributed by atoms with van der Waals surface area (Å²) in [6, 6.07) is 0. The first-order chi connectivity index (χ1) is 5.52. The van der Waals surface area contributed by atoms with Gasteiger partial charge in [-0.15, -0.1) is 0 Å². The molecule has 0 aliphatic heterocycles. The van der Waals surface area contributed by atoms with E-state index in [9.17, 15) is 4.79 Å². The lowest BCUT2D eigenvalue weighted by molar-refractivity contribution is 0.225. The molecule has 0 aliphatic carbocycles. The van der Waals surface area contributed by atoms with E-state index < -0.39 is 5.43 Å². The van der Waals surface area contributed by atoms with Crippen LogP contribution in [0.1, 0.15) is 11.4 Å². The van der Waals surface area contributed by atoms with Crippen LogP contribution >= 0.6 is 11.6 Å². The Kier molecular flexibility index (Phi) is 2.38. The summed E-state index contributed by atoms with van der Waals surface area (Å²) in [7, 11) is 1.77. The second-order valence-electron chi connectivity index (χ2n) is 2.46. The van der Waals surface area contributed by atoms with Crippen LogP contribution in [-0.4, -0.2) is 15.2 Å². The van der Waals surface area contributed by atoms with Gasteiger partial charge in [0.15, 0.2) is 5.75 Å². The maximum absolute atomic E-state index is 10.4. The van der Waals surface area contributed by atoms with Crippen molar-refractivity contribution in [3.63, 3.8) is 0 Å². The molecule has 0 aliphatic rings. The smallest absolute Gasteiger partial charge is 0.409 e. The normalized spacial score (nSPS) is 10.0. The quantitative estimate of drug-likeness (QED) is 0.631. The largest absolute Gasteiger partial charge is 0.411 e. The lowest BCUT2D eigenvalue weighted by Crippen LogP contribution is -1.98. The minimum atomic E-state index is -0.839. The van der Waals surface area contributed by atoms with Gasteiger partial charge in [-0.05, 0) is 13.8 Å². The first kappa shape index (κ1) is 9.06. The first-order valence-corrected chi connectivity index (χ1v) is 3.77. The third-order valence-corrected chi connectivity index (χ3v) is 1.70. The molecule has 66 valence electrons. The number of carbonyl (C=O) groups is 1. The van der Waals surface area contributed by atoms with Gasteiger partial charge in [0, 0.05) is 18.6 Å². The summed E-state index contributed by atoms with van der Waals surface area (Å²) in [6.07, 6.45) is 0. The third-order valence-electron chi connectivity index (χ3n) is 1.62. The second-order valence-corrected chi connectivity index (χ2v) is 2.77. The van der Waals surface area contributed by atoms with Crippen LogP contribution in [0.2, 0.25) is 0 Å². The van der Waals surface area contributed by atoms with Crippen molar-refractivity contribution in [2.45, 2.75) is 13.8 Å². The molecule has 12 heavy (non-hydrogen) atoms. The first-order valence-electron chi connectivity index (χ1n) is 3.40. The van der Waals surface area contributed by atoms with E-state index in [-0.39, 0.29) is 0 Å². The summed E-state index contributed by atoms with van der Waals surface area (Å²) < 4.78 is 6.37. The van der Waals surface area contributed by atoms with Gasteiger partial charge in [-0.2, -0.15) is 5.10 Å². The molecule has 0 N–H and O–H groups in total. The molecule has 1 rings (SSSR count). The van der Waals surface area contributed by atoms with Gasteiger partial charge in [0.25, 0.3) is 0 Å². The summed E-state index contributed by atoms with van der Waals surface area (Å²) in [5.41, 5.74) is 0.597. The molecule has 0 amide bonds. The van der Waals surface area contributed by atoms with E-state index in [2.05, 4.69) is 5.10 Å². The van der Waals surface area contributed by atoms with E-state index in [0.29, 0.717) is 11.4 Å². The number of hydrogen-bond donors (Lipinski definition) is 0. The maximum atomic E-state index is 10.4. The predicted octanol–water partition coefficient (Wildman–Crippen LogP) is 1.77. The minimum absolute atomic E-state index is 0.442. The number of nitrogens with zero attached hydrogens (tertiary/aromatic N) is 2. The van der Waals surface area contributed by atoms with E-state index >= 15 is 0 Å². The Morgan fingerprint density at radius 1 is 1.58 bits per heavy atom. The van der Waals surface area contributed by atoms with Crippen LogP contribution in [0.4, 0.5) is 4.79 Å². The van der Waals surface area contributed by atoms with Gasteiger partial charge in [-0.25, -0.2) is 4.79 Å². The van der Waals surface area contributed by atoms with Gasteiger partial charge < -0.3 is 4.74 Å². The maximum Gasteiger partial charge on any atom is 0.409 e. The molecule has 0 saturated heterocycles. The average molecular weight is 189 g/mol. The highest BCUT2D eigenvalue weighted by atomic mass is 35.5. The molecule has 5 heteroatoms. The third kappa shape index (κ3) is 1.58. The number of aryl methyl sites for hydroxylation is 2. The van der Waals surface area contributed by atoms with E-state index in [1.807, 2.05) is 0 Å². The number of rotatable bonds is 1. The zero-order valence-corrected chi connectivity index (χ0v) is 7.84. The minimum Gasteiger partial charge on any atom is -0.411 e. The van der Waals surface area contributed by atoms with Crippen molar-refractivity contribution < 1.29 is 9.53 Å². The van der Waals surface area contributed by atoms with Crippen molar-refractivity contribution in [2.75, 3.05) is 0 Å². The summed E-state index contributed by atoms with van der Waals surface area (Å²) in [6.45, 7) is 3.55. The Bertz CT molecular complexity index is 319. The van der Waals surface area contributed by atoms with E-state index in [4.69, 9.17) is 16.3 Å². The molecule has 0 fully saturated rings. The molecule has 0 unspecified atom stereocenters. The fraction of sp³-hybridized carbons (Fsp3) is 0.429. The molecule has 0 saturated carbocycles. The second kappa shape index (κ2) is 3.15. The van der Waals surface area contributed by atoms with Crippen LogP contribution in [-0.2, 0) is 7.05 Å². The molecule has 0 bridgehead atoms. The molecule has 0 radical (unpaired) electrons. The number of aromatic nitrogens is 2. The van der Waals surface area contributed by atoms with Crippen LogP contribution < -0.4 is 4.74 Å². The molecule has 0 atom stereocenters. The van der Waals surface area contributed by atoms with Crippen LogP contribution in [0, 0.1) is 13.8 Å². The zero-order chi connectivity index (χ0) is 9.30. The van der Waals surface area contributed by atoms with Gasteiger partial charge in [-0.1, -0.05) is 0 Å². The predicted molar refractivity (Wildman–Crippen MR) is 44.6 cm³/mol. The summed E-state index contributed by atoms with van der Waals surface area (Å²) in [5, 5.41) is 4.04. The fourth-order valence-corrected chi connectivity index (χ4v) is 1.06. The van der Waals surface area contributed by atoms with Crippen molar-refractivity contribution >= 4 is 17.0 Å². The van der Waals surface area contributed by atoms with Crippen LogP contribution in [0.25, 0.3) is 0 Å². The van der Waals surface area contributed by atoms with Gasteiger partial charge in [0.1, 0.15) is 5.69 Å². The fourth-order valence-electron chi connectivity index (χ4n) is 0.982.